The molecule has 1 atom stereocenters. The van der Waals surface area contributed by atoms with Crippen molar-refractivity contribution in [2.45, 2.75) is 35.6 Å². The van der Waals surface area contributed by atoms with E-state index in [1.165, 1.54) is 25.6 Å². The Morgan fingerprint density at radius 3 is 2.36 bits per heavy atom. The molecule has 1 aromatic carbocycles. The van der Waals surface area contributed by atoms with Crippen LogP contribution in [0.5, 0.6) is 5.75 Å². The fraction of sp³-hybridized carbons (Fsp3) is 0.381. The third kappa shape index (κ3) is 6.42. The highest BCUT2D eigenvalue weighted by molar-refractivity contribution is 7.80. The summed E-state index contributed by atoms with van der Waals surface area (Å²) in [6.45, 7) is 0. The number of halogens is 3. The molecule has 1 heterocycles. The van der Waals surface area contributed by atoms with Crippen molar-refractivity contribution in [3.63, 3.8) is 0 Å². The van der Waals surface area contributed by atoms with Crippen LogP contribution in [0.4, 0.5) is 5.00 Å². The molecule has 2 aromatic rings. The lowest BCUT2D eigenvalue weighted by atomic mass is 9.95. The van der Waals surface area contributed by atoms with E-state index in [9.17, 15) is 9.59 Å². The topological polar surface area (TPSA) is 88.7 Å². The van der Waals surface area contributed by atoms with Gasteiger partial charge in [-0.15, -0.1) is 11.3 Å². The third-order valence-corrected chi connectivity index (χ3v) is 7.10. The van der Waals surface area contributed by atoms with Crippen LogP contribution in [-0.4, -0.2) is 41.2 Å². The number of thiophene rings is 1. The molecule has 3 N–H and O–H groups in total. The lowest BCUT2D eigenvalue weighted by Crippen LogP contribution is -2.56. The van der Waals surface area contributed by atoms with E-state index < -0.39 is 21.8 Å². The monoisotopic (exact) mass is 549 g/mol. The molecule has 1 aromatic heterocycles. The number of methoxy groups -OCH3 is 2. The smallest absolute Gasteiger partial charge is 0.341 e. The lowest BCUT2D eigenvalue weighted by Gasteiger charge is -2.27. The molecular formula is C21H22Cl3N3O4S2. The highest BCUT2D eigenvalue weighted by Crippen LogP contribution is 2.38. The van der Waals surface area contributed by atoms with Crippen molar-refractivity contribution in [2.24, 2.45) is 0 Å². The van der Waals surface area contributed by atoms with E-state index in [0.717, 1.165) is 36.1 Å². The van der Waals surface area contributed by atoms with E-state index in [4.69, 9.17) is 56.5 Å². The molecule has 1 aliphatic rings. The molecule has 0 radical (unpaired) electrons. The Morgan fingerprint density at radius 1 is 1.09 bits per heavy atom. The number of thiocarbonyl (C=S) groups is 1. The average molecular weight is 551 g/mol. The van der Waals surface area contributed by atoms with Gasteiger partial charge in [0.15, 0.2) is 5.11 Å². The van der Waals surface area contributed by atoms with Crippen molar-refractivity contribution in [3.8, 4) is 5.75 Å². The van der Waals surface area contributed by atoms with Gasteiger partial charge < -0.3 is 25.4 Å². The molecule has 0 aliphatic heterocycles. The van der Waals surface area contributed by atoms with E-state index in [1.807, 2.05) is 0 Å². The number of alkyl halides is 3. The standard InChI is InChI=1S/C21H22Cl3N3O4S2/c1-30-12-9-7-11(8-10-12)16(28)25-19(21(22,23)24)27-20(32)26-17-15(18(29)31-2)13-5-3-4-6-14(13)33-17/h7-10,19H,3-6H2,1-2H3,(H,25,28)(H2,26,27,32). The van der Waals surface area contributed by atoms with Gasteiger partial charge in [-0.1, -0.05) is 34.8 Å². The van der Waals surface area contributed by atoms with E-state index in [1.54, 1.807) is 24.3 Å². The van der Waals surface area contributed by atoms with Crippen LogP contribution in [0.25, 0.3) is 0 Å². The maximum Gasteiger partial charge on any atom is 0.341 e. The van der Waals surface area contributed by atoms with Crippen molar-refractivity contribution in [3.05, 3.63) is 45.8 Å². The zero-order chi connectivity index (χ0) is 24.2. The fourth-order valence-corrected chi connectivity index (χ4v) is 5.29. The zero-order valence-electron chi connectivity index (χ0n) is 17.8. The summed E-state index contributed by atoms with van der Waals surface area (Å²) in [7, 11) is 2.87. The number of nitrogens with one attached hydrogen (secondary N) is 3. The van der Waals surface area contributed by atoms with Crippen LogP contribution in [0.2, 0.25) is 0 Å². The Balaban J connectivity index is 1.75. The van der Waals surface area contributed by atoms with Crippen molar-refractivity contribution in [2.75, 3.05) is 19.5 Å². The number of anilines is 1. The molecule has 0 bridgehead atoms. The number of fused-ring (bicyclic) bond motifs is 1. The Morgan fingerprint density at radius 2 is 1.76 bits per heavy atom. The van der Waals surface area contributed by atoms with E-state index in [-0.39, 0.29) is 5.11 Å². The van der Waals surface area contributed by atoms with Gasteiger partial charge in [-0.3, -0.25) is 4.79 Å². The van der Waals surface area contributed by atoms with Crippen LogP contribution in [-0.2, 0) is 17.6 Å². The van der Waals surface area contributed by atoms with Crippen molar-refractivity contribution in [1.82, 2.24) is 10.6 Å². The number of benzene rings is 1. The maximum absolute atomic E-state index is 12.7. The summed E-state index contributed by atoms with van der Waals surface area (Å²) in [5, 5.41) is 9.07. The van der Waals surface area contributed by atoms with Crippen LogP contribution in [0, 0.1) is 0 Å². The van der Waals surface area contributed by atoms with Crippen LogP contribution in [0.1, 0.15) is 44.0 Å². The molecule has 0 fully saturated rings. The number of carbonyl (C=O) groups is 2. The number of hydrogen-bond donors (Lipinski definition) is 3. The zero-order valence-corrected chi connectivity index (χ0v) is 21.7. The number of rotatable bonds is 6. The number of ether oxygens (including phenoxy) is 2. The molecule has 12 heteroatoms. The van der Waals surface area contributed by atoms with Crippen molar-refractivity contribution < 1.29 is 19.1 Å². The number of hydrogen-bond acceptors (Lipinski definition) is 6. The Hall–Kier alpha value is -1.78. The SMILES string of the molecule is COC(=O)c1c(NC(=S)NC(NC(=O)c2ccc(OC)cc2)C(Cl)(Cl)Cl)sc2c1CCCC2. The highest BCUT2D eigenvalue weighted by atomic mass is 35.6. The summed E-state index contributed by atoms with van der Waals surface area (Å²) in [4.78, 5) is 26.2. The second-order valence-electron chi connectivity index (χ2n) is 7.18. The fourth-order valence-electron chi connectivity index (χ4n) is 3.40. The van der Waals surface area contributed by atoms with Crippen LogP contribution < -0.4 is 20.7 Å². The summed E-state index contributed by atoms with van der Waals surface area (Å²) >= 11 is 25.1. The molecule has 0 saturated heterocycles. The number of aryl methyl sites for hydroxylation is 1. The summed E-state index contributed by atoms with van der Waals surface area (Å²) < 4.78 is 8.14. The van der Waals surface area contributed by atoms with Crippen LogP contribution in [0.15, 0.2) is 24.3 Å². The number of amides is 1. The normalized spacial score (nSPS) is 14.0. The second kappa shape index (κ2) is 11.1. The van der Waals surface area contributed by atoms with E-state index >= 15 is 0 Å². The molecule has 0 spiro atoms. The highest BCUT2D eigenvalue weighted by Gasteiger charge is 2.35. The number of esters is 1. The van der Waals surface area contributed by atoms with Gasteiger partial charge >= 0.3 is 5.97 Å². The van der Waals surface area contributed by atoms with Gasteiger partial charge in [-0.05, 0) is 67.7 Å². The second-order valence-corrected chi connectivity index (χ2v) is 11.1. The predicted octanol–water partition coefficient (Wildman–Crippen LogP) is 4.83. The first kappa shape index (κ1) is 25.8. The quantitative estimate of drug-likeness (QED) is 0.205. The predicted molar refractivity (Wildman–Crippen MR) is 136 cm³/mol. The van der Waals surface area contributed by atoms with Gasteiger partial charge in [-0.2, -0.15) is 0 Å². The Labute approximate surface area is 216 Å². The minimum Gasteiger partial charge on any atom is -0.497 e. The average Bonchev–Trinajstić information content (AvgIpc) is 3.15. The lowest BCUT2D eigenvalue weighted by molar-refractivity contribution is 0.0600. The molecule has 3 rings (SSSR count). The first-order chi connectivity index (χ1) is 15.6. The van der Waals surface area contributed by atoms with Gasteiger partial charge in [0.05, 0.1) is 19.8 Å². The Kier molecular flexibility index (Phi) is 8.69. The molecular weight excluding hydrogens is 529 g/mol. The van der Waals surface area contributed by atoms with Gasteiger partial charge in [0.2, 0.25) is 3.79 Å². The van der Waals surface area contributed by atoms with Gasteiger partial charge in [-0.25, -0.2) is 4.79 Å². The molecule has 0 saturated carbocycles. The molecule has 1 unspecified atom stereocenters. The summed E-state index contributed by atoms with van der Waals surface area (Å²) in [6.07, 6.45) is 2.59. The van der Waals surface area contributed by atoms with Gasteiger partial charge in [0, 0.05) is 10.4 Å². The van der Waals surface area contributed by atoms with Crippen LogP contribution in [0.3, 0.4) is 0 Å². The van der Waals surface area contributed by atoms with Gasteiger partial charge in [0.1, 0.15) is 16.9 Å². The third-order valence-electron chi connectivity index (χ3n) is 5.02. The first-order valence-electron chi connectivity index (χ1n) is 9.96. The van der Waals surface area contributed by atoms with Crippen molar-refractivity contribution in [1.29, 1.82) is 0 Å². The van der Waals surface area contributed by atoms with E-state index in [2.05, 4.69) is 16.0 Å². The van der Waals surface area contributed by atoms with Crippen molar-refractivity contribution >= 4 is 80.3 Å². The minimum absolute atomic E-state index is 0.0742. The summed E-state index contributed by atoms with van der Waals surface area (Å²) in [6, 6.07) is 6.45. The first-order valence-corrected chi connectivity index (χ1v) is 12.3. The molecule has 1 aliphatic carbocycles. The van der Waals surface area contributed by atoms with E-state index in [0.29, 0.717) is 21.9 Å². The minimum atomic E-state index is -1.92. The molecule has 1 amide bonds. The molecule has 178 valence electrons. The van der Waals surface area contributed by atoms with Crippen LogP contribution >= 0.6 is 58.4 Å². The molecule has 33 heavy (non-hydrogen) atoms. The van der Waals surface area contributed by atoms with Gasteiger partial charge in [0.25, 0.3) is 5.91 Å². The summed E-state index contributed by atoms with van der Waals surface area (Å²) in [5.41, 5.74) is 1.79. The summed E-state index contributed by atoms with van der Waals surface area (Å²) in [5.74, 6) is -0.315. The largest absolute Gasteiger partial charge is 0.497 e. The number of carbonyl (C=O) groups excluding carboxylic acids is 2. The maximum atomic E-state index is 12.7. The molecule has 7 nitrogen and oxygen atoms in total. The Bertz CT molecular complexity index is 1040.